The van der Waals surface area contributed by atoms with E-state index >= 15 is 0 Å². The maximum Gasteiger partial charge on any atom is 0.256 e. The number of hydrogen-bond acceptors (Lipinski definition) is 3. The highest BCUT2D eigenvalue weighted by Gasteiger charge is 2.11. The van der Waals surface area contributed by atoms with Crippen molar-refractivity contribution in [2.24, 2.45) is 0 Å². The molecule has 0 bridgehead atoms. The monoisotopic (exact) mass is 396 g/mol. The predicted molar refractivity (Wildman–Crippen MR) is 102 cm³/mol. The van der Waals surface area contributed by atoms with Gasteiger partial charge < -0.3 is 10.1 Å². The minimum absolute atomic E-state index is 0.230. The van der Waals surface area contributed by atoms with Gasteiger partial charge in [-0.05, 0) is 54.4 Å². The Kier molecular flexibility index (Phi) is 5.46. The van der Waals surface area contributed by atoms with Crippen molar-refractivity contribution < 1.29 is 9.53 Å². The number of pyridine rings is 1. The lowest BCUT2D eigenvalue weighted by Gasteiger charge is -2.12. The highest BCUT2D eigenvalue weighted by molar-refractivity contribution is 9.10. The van der Waals surface area contributed by atoms with Crippen molar-refractivity contribution in [3.05, 3.63) is 88.0 Å². The molecule has 0 saturated heterocycles. The van der Waals surface area contributed by atoms with Gasteiger partial charge in [-0.1, -0.05) is 40.2 Å². The summed E-state index contributed by atoms with van der Waals surface area (Å²) < 4.78 is 6.80. The van der Waals surface area contributed by atoms with Gasteiger partial charge in [0.15, 0.2) is 11.6 Å². The topological polar surface area (TPSA) is 51.2 Å². The lowest BCUT2D eigenvalue weighted by molar-refractivity contribution is 0.102. The van der Waals surface area contributed by atoms with Gasteiger partial charge in [0.25, 0.3) is 5.91 Å². The highest BCUT2D eigenvalue weighted by atomic mass is 79.9. The van der Waals surface area contributed by atoms with Gasteiger partial charge in [-0.3, -0.25) is 4.79 Å². The van der Waals surface area contributed by atoms with Gasteiger partial charge in [0.1, 0.15) is 6.61 Å². The van der Waals surface area contributed by atoms with Gasteiger partial charge in [-0.15, -0.1) is 0 Å². The Morgan fingerprint density at radius 1 is 1.08 bits per heavy atom. The van der Waals surface area contributed by atoms with Crippen molar-refractivity contribution in [3.63, 3.8) is 0 Å². The molecule has 0 unspecified atom stereocenters. The SMILES string of the molecule is Cc1ccccc1COc1cccnc1NC(=O)c1ccc(Br)cc1. The van der Waals surface area contributed by atoms with Crippen LogP contribution in [0.5, 0.6) is 5.75 Å². The van der Waals surface area contributed by atoms with Crippen LogP contribution in [0.15, 0.2) is 71.3 Å². The number of benzene rings is 2. The van der Waals surface area contributed by atoms with Gasteiger partial charge in [-0.2, -0.15) is 0 Å². The summed E-state index contributed by atoms with van der Waals surface area (Å²) in [6, 6.07) is 18.7. The van der Waals surface area contributed by atoms with E-state index in [1.165, 1.54) is 0 Å². The largest absolute Gasteiger partial charge is 0.485 e. The van der Waals surface area contributed by atoms with Crippen molar-refractivity contribution in [1.29, 1.82) is 0 Å². The molecule has 3 aromatic rings. The third-order valence-electron chi connectivity index (χ3n) is 3.75. The first-order chi connectivity index (χ1) is 12.1. The molecule has 0 radical (unpaired) electrons. The molecule has 0 aliphatic heterocycles. The second kappa shape index (κ2) is 7.94. The van der Waals surface area contributed by atoms with Gasteiger partial charge >= 0.3 is 0 Å². The van der Waals surface area contributed by atoms with Gasteiger partial charge in [0.05, 0.1) is 0 Å². The van der Waals surface area contributed by atoms with Crippen LogP contribution < -0.4 is 10.1 Å². The molecule has 1 amide bonds. The molecule has 4 nitrogen and oxygen atoms in total. The number of aromatic nitrogens is 1. The van der Waals surface area contributed by atoms with Gasteiger partial charge in [0.2, 0.25) is 0 Å². The van der Waals surface area contributed by atoms with Crippen LogP contribution in [0.3, 0.4) is 0 Å². The normalized spacial score (nSPS) is 10.3. The zero-order valence-electron chi connectivity index (χ0n) is 13.7. The second-order valence-electron chi connectivity index (χ2n) is 5.53. The lowest BCUT2D eigenvalue weighted by atomic mass is 10.1. The van der Waals surface area contributed by atoms with Crippen LogP contribution in [-0.2, 0) is 6.61 Å². The van der Waals surface area contributed by atoms with E-state index in [1.54, 1.807) is 30.5 Å². The molecule has 3 rings (SSSR count). The Hall–Kier alpha value is -2.66. The summed E-state index contributed by atoms with van der Waals surface area (Å²) >= 11 is 3.36. The molecule has 1 N–H and O–H groups in total. The van der Waals surface area contributed by atoms with E-state index < -0.39 is 0 Å². The minimum Gasteiger partial charge on any atom is -0.485 e. The summed E-state index contributed by atoms with van der Waals surface area (Å²) in [7, 11) is 0. The number of nitrogens with zero attached hydrogens (tertiary/aromatic N) is 1. The van der Waals surface area contributed by atoms with E-state index in [-0.39, 0.29) is 5.91 Å². The third kappa shape index (κ3) is 4.45. The van der Waals surface area contributed by atoms with Crippen molar-refractivity contribution >= 4 is 27.7 Å². The molecule has 1 heterocycles. The van der Waals surface area contributed by atoms with E-state index in [2.05, 4.69) is 26.2 Å². The molecule has 25 heavy (non-hydrogen) atoms. The first-order valence-electron chi connectivity index (χ1n) is 7.83. The molecular weight excluding hydrogens is 380 g/mol. The number of aryl methyl sites for hydroxylation is 1. The fourth-order valence-electron chi connectivity index (χ4n) is 2.31. The molecule has 0 saturated carbocycles. The molecule has 1 aromatic heterocycles. The van der Waals surface area contributed by atoms with Crippen LogP contribution in [0, 0.1) is 6.92 Å². The Balaban J connectivity index is 1.73. The van der Waals surface area contributed by atoms with Crippen molar-refractivity contribution in [3.8, 4) is 5.75 Å². The number of amides is 1. The number of halogens is 1. The average Bonchev–Trinajstić information content (AvgIpc) is 2.62. The molecular formula is C20H17BrN2O2. The summed E-state index contributed by atoms with van der Waals surface area (Å²) in [6.07, 6.45) is 1.62. The Bertz CT molecular complexity index is 879. The van der Waals surface area contributed by atoms with Crippen molar-refractivity contribution in [1.82, 2.24) is 4.98 Å². The smallest absolute Gasteiger partial charge is 0.256 e. The van der Waals surface area contributed by atoms with Gasteiger partial charge in [0, 0.05) is 16.2 Å². The average molecular weight is 397 g/mol. The number of carbonyl (C=O) groups excluding carboxylic acids is 1. The lowest BCUT2D eigenvalue weighted by Crippen LogP contribution is -2.14. The fourth-order valence-corrected chi connectivity index (χ4v) is 2.57. The van der Waals surface area contributed by atoms with Crippen LogP contribution in [-0.4, -0.2) is 10.9 Å². The Morgan fingerprint density at radius 3 is 2.60 bits per heavy atom. The quantitative estimate of drug-likeness (QED) is 0.661. The number of rotatable bonds is 5. The van der Waals surface area contributed by atoms with Crippen molar-refractivity contribution in [2.75, 3.05) is 5.32 Å². The van der Waals surface area contributed by atoms with E-state index in [4.69, 9.17) is 4.74 Å². The Labute approximate surface area is 155 Å². The zero-order chi connectivity index (χ0) is 17.6. The summed E-state index contributed by atoms with van der Waals surface area (Å²) in [5.41, 5.74) is 2.81. The first-order valence-corrected chi connectivity index (χ1v) is 8.62. The number of nitrogens with one attached hydrogen (secondary N) is 1. The molecule has 0 aliphatic carbocycles. The summed E-state index contributed by atoms with van der Waals surface area (Å²) in [5.74, 6) is 0.715. The number of ether oxygens (including phenoxy) is 1. The third-order valence-corrected chi connectivity index (χ3v) is 4.28. The van der Waals surface area contributed by atoms with Crippen LogP contribution >= 0.6 is 15.9 Å². The number of hydrogen-bond donors (Lipinski definition) is 1. The molecule has 126 valence electrons. The fraction of sp³-hybridized carbons (Fsp3) is 0.100. The molecule has 0 fully saturated rings. The molecule has 5 heteroatoms. The maximum atomic E-state index is 12.4. The van der Waals surface area contributed by atoms with E-state index in [1.807, 2.05) is 43.3 Å². The van der Waals surface area contributed by atoms with Crippen molar-refractivity contribution in [2.45, 2.75) is 13.5 Å². The van der Waals surface area contributed by atoms with E-state index in [0.717, 1.165) is 15.6 Å². The molecule has 0 atom stereocenters. The molecule has 0 spiro atoms. The van der Waals surface area contributed by atoms with E-state index in [9.17, 15) is 4.79 Å². The van der Waals surface area contributed by atoms with Crippen LogP contribution in [0.25, 0.3) is 0 Å². The summed E-state index contributed by atoms with van der Waals surface area (Å²) in [5, 5.41) is 2.81. The maximum absolute atomic E-state index is 12.4. The number of carbonyl (C=O) groups is 1. The predicted octanol–water partition coefficient (Wildman–Crippen LogP) is 4.98. The first kappa shape index (κ1) is 17.2. The minimum atomic E-state index is -0.230. The molecule has 0 aliphatic rings. The van der Waals surface area contributed by atoms with E-state index in [0.29, 0.717) is 23.7 Å². The van der Waals surface area contributed by atoms with Crippen LogP contribution in [0.2, 0.25) is 0 Å². The van der Waals surface area contributed by atoms with Crippen LogP contribution in [0.4, 0.5) is 5.82 Å². The van der Waals surface area contributed by atoms with Gasteiger partial charge in [-0.25, -0.2) is 4.98 Å². The number of anilines is 1. The van der Waals surface area contributed by atoms with Crippen LogP contribution in [0.1, 0.15) is 21.5 Å². The summed E-state index contributed by atoms with van der Waals surface area (Å²) in [4.78, 5) is 16.6. The highest BCUT2D eigenvalue weighted by Crippen LogP contribution is 2.23. The second-order valence-corrected chi connectivity index (χ2v) is 6.44. The molecule has 2 aromatic carbocycles. The Morgan fingerprint density at radius 2 is 1.84 bits per heavy atom. The zero-order valence-corrected chi connectivity index (χ0v) is 15.3. The standard InChI is InChI=1S/C20H17BrN2O2/c1-14-5-2-3-6-16(14)13-25-18-7-4-12-22-19(18)23-20(24)15-8-10-17(21)11-9-15/h2-12H,13H2,1H3,(H,22,23,24). The summed E-state index contributed by atoms with van der Waals surface area (Å²) in [6.45, 7) is 2.46.